The number of hydroxylamine groups is 2. The Labute approximate surface area is 203 Å². The van der Waals surface area contributed by atoms with E-state index in [1.54, 1.807) is 30.3 Å². The van der Waals surface area contributed by atoms with Gasteiger partial charge in [-0.15, -0.1) is 0 Å². The second kappa shape index (κ2) is 9.28. The van der Waals surface area contributed by atoms with Gasteiger partial charge in [0, 0.05) is 13.5 Å². The van der Waals surface area contributed by atoms with E-state index >= 15 is 0 Å². The molecule has 0 saturated carbocycles. The van der Waals surface area contributed by atoms with E-state index < -0.39 is 11.5 Å². The summed E-state index contributed by atoms with van der Waals surface area (Å²) >= 11 is 5.90. The number of rotatable bonds is 1. The van der Waals surface area contributed by atoms with Crippen LogP contribution in [0.5, 0.6) is 5.75 Å². The van der Waals surface area contributed by atoms with Crippen LogP contribution >= 0.6 is 11.6 Å². The molecule has 2 aliphatic heterocycles. The monoisotopic (exact) mass is 479 g/mol. The minimum Gasteiger partial charge on any atom is -0.493 e. The van der Waals surface area contributed by atoms with Crippen molar-refractivity contribution < 1.29 is 14.0 Å². The maximum absolute atomic E-state index is 13.4. The van der Waals surface area contributed by atoms with E-state index in [9.17, 15) is 4.39 Å². The van der Waals surface area contributed by atoms with Crippen molar-refractivity contribution in [2.45, 2.75) is 37.8 Å². The molecule has 0 radical (unpaired) electrons. The molecule has 34 heavy (non-hydrogen) atoms. The number of halogens is 2. The molecular weight excluding hydrogens is 453 g/mol. The zero-order valence-electron chi connectivity index (χ0n) is 19.1. The van der Waals surface area contributed by atoms with Crippen LogP contribution in [0.25, 0.3) is 11.1 Å². The summed E-state index contributed by atoms with van der Waals surface area (Å²) in [6, 6.07) is 19.1. The normalized spacial score (nSPS) is 20.6. The second-order valence-corrected chi connectivity index (χ2v) is 9.16. The van der Waals surface area contributed by atoms with Gasteiger partial charge in [-0.1, -0.05) is 48.0 Å². The molecule has 0 aromatic heterocycles. The van der Waals surface area contributed by atoms with E-state index in [4.69, 9.17) is 26.9 Å². The molecule has 3 aromatic rings. The molecule has 176 valence electrons. The van der Waals surface area contributed by atoms with Crippen LogP contribution < -0.4 is 10.5 Å². The number of ether oxygens (including phenoxy) is 1. The predicted octanol–water partition coefficient (Wildman–Crippen LogP) is 5.84. The van der Waals surface area contributed by atoms with Crippen LogP contribution in [0.15, 0.2) is 65.7 Å². The molecule has 1 atom stereocenters. The second-order valence-electron chi connectivity index (χ2n) is 8.76. The summed E-state index contributed by atoms with van der Waals surface area (Å²) in [5, 5.41) is 1.53. The quantitative estimate of drug-likeness (QED) is 0.476. The van der Waals surface area contributed by atoms with Crippen LogP contribution in [0.1, 0.15) is 36.0 Å². The maximum atomic E-state index is 13.4. The molecule has 1 spiro atoms. The highest BCUT2D eigenvalue weighted by Gasteiger charge is 2.45. The molecule has 5 nitrogen and oxygen atoms in total. The van der Waals surface area contributed by atoms with E-state index in [-0.39, 0.29) is 5.02 Å². The highest BCUT2D eigenvalue weighted by molar-refractivity contribution is 6.31. The zero-order valence-corrected chi connectivity index (χ0v) is 19.8. The lowest BCUT2D eigenvalue weighted by Gasteiger charge is -2.32. The average molecular weight is 480 g/mol. The molecule has 0 bridgehead atoms. The van der Waals surface area contributed by atoms with E-state index in [0.717, 1.165) is 16.7 Å². The van der Waals surface area contributed by atoms with E-state index in [1.165, 1.54) is 36.8 Å². The van der Waals surface area contributed by atoms with Gasteiger partial charge >= 0.3 is 0 Å². The number of nitrogens with zero attached hydrogens (tertiary/aromatic N) is 2. The summed E-state index contributed by atoms with van der Waals surface area (Å²) < 4.78 is 19.1. The first-order chi connectivity index (χ1) is 16.4. The molecule has 2 heterocycles. The lowest BCUT2D eigenvalue weighted by Crippen LogP contribution is -2.35. The zero-order chi connectivity index (χ0) is 23.7. The third-order valence-corrected chi connectivity index (χ3v) is 6.81. The van der Waals surface area contributed by atoms with Gasteiger partial charge < -0.3 is 10.5 Å². The Morgan fingerprint density at radius 2 is 1.68 bits per heavy atom. The van der Waals surface area contributed by atoms with Gasteiger partial charge in [0.15, 0.2) is 0 Å². The van der Waals surface area contributed by atoms with Gasteiger partial charge in [0.1, 0.15) is 11.6 Å². The van der Waals surface area contributed by atoms with E-state index in [1.807, 2.05) is 18.2 Å². The number of aryl methyl sites for hydroxylation is 2. The van der Waals surface area contributed by atoms with Crippen molar-refractivity contribution in [3.8, 4) is 16.9 Å². The molecule has 0 saturated heterocycles. The largest absolute Gasteiger partial charge is 0.493 e. The molecule has 6 rings (SSSR count). The Kier molecular flexibility index (Phi) is 6.19. The molecule has 3 aromatic carbocycles. The van der Waals surface area contributed by atoms with Gasteiger partial charge in [0.25, 0.3) is 0 Å². The number of nitrogens with two attached hydrogens (primary N) is 1. The highest BCUT2D eigenvalue weighted by atomic mass is 35.5. The van der Waals surface area contributed by atoms with Crippen molar-refractivity contribution in [2.24, 2.45) is 10.7 Å². The lowest BCUT2D eigenvalue weighted by molar-refractivity contribution is -0.183. The molecule has 7 heteroatoms. The molecule has 1 unspecified atom stereocenters. The van der Waals surface area contributed by atoms with Gasteiger partial charge in [-0.3, -0.25) is 0 Å². The third-order valence-electron chi connectivity index (χ3n) is 6.52. The summed E-state index contributed by atoms with van der Waals surface area (Å²) in [6.07, 6.45) is 5.93. The summed E-state index contributed by atoms with van der Waals surface area (Å²) in [4.78, 5) is 10.4. The molecule has 0 fully saturated rings. The van der Waals surface area contributed by atoms with E-state index in [0.29, 0.717) is 24.7 Å². The molecule has 2 N–H and O–H groups in total. The summed E-state index contributed by atoms with van der Waals surface area (Å²) in [5.41, 5.74) is 10.6. The van der Waals surface area contributed by atoms with Gasteiger partial charge in [-0.25, -0.2) is 19.3 Å². The number of guanidine groups is 1. The first-order valence-corrected chi connectivity index (χ1v) is 11.9. The Morgan fingerprint density at radius 1 is 1.00 bits per heavy atom. The fourth-order valence-corrected chi connectivity index (χ4v) is 4.87. The van der Waals surface area contributed by atoms with Crippen LogP contribution in [-0.2, 0) is 23.4 Å². The first-order valence-electron chi connectivity index (χ1n) is 11.5. The number of aliphatic imine (C=N–C) groups is 1. The first kappa shape index (κ1) is 22.7. The fraction of sp³-hybridized carbons (Fsp3) is 0.296. The summed E-state index contributed by atoms with van der Waals surface area (Å²) in [7, 11) is 1.71. The third kappa shape index (κ3) is 4.36. The van der Waals surface area contributed by atoms with Crippen molar-refractivity contribution in [3.05, 3.63) is 88.2 Å². The summed E-state index contributed by atoms with van der Waals surface area (Å²) in [6.45, 7) is 0.485. The van der Waals surface area contributed by atoms with Gasteiger partial charge in [-0.2, -0.15) is 0 Å². The number of hydrogen-bond donors (Lipinski definition) is 1. The number of benzene rings is 3. The molecule has 1 aliphatic carbocycles. The van der Waals surface area contributed by atoms with Crippen LogP contribution in [-0.4, -0.2) is 24.7 Å². The Hall–Kier alpha value is -3.09. The van der Waals surface area contributed by atoms with Crippen molar-refractivity contribution in [1.29, 1.82) is 0 Å². The van der Waals surface area contributed by atoms with Crippen LogP contribution in [0, 0.1) is 5.82 Å². The van der Waals surface area contributed by atoms with Crippen LogP contribution in [0.3, 0.4) is 0 Å². The Bertz CT molecular complexity index is 1220. The van der Waals surface area contributed by atoms with Crippen molar-refractivity contribution in [1.82, 2.24) is 5.06 Å². The van der Waals surface area contributed by atoms with Gasteiger partial charge in [-0.05, 0) is 72.2 Å². The Balaban J connectivity index is 0.000000200. The van der Waals surface area contributed by atoms with Gasteiger partial charge in [0.2, 0.25) is 11.7 Å². The van der Waals surface area contributed by atoms with Crippen LogP contribution in [0.4, 0.5) is 4.39 Å². The SMILES string of the molecule is CN1OC2(CCOc3ccc(-c4ccc(F)c(Cl)c4)cc32)N=C1N.c1ccc2c(c1)CCCC2. The number of hydrogen-bond acceptors (Lipinski definition) is 5. The smallest absolute Gasteiger partial charge is 0.221 e. The minimum absolute atomic E-state index is 0.0790. The molecule has 3 aliphatic rings. The highest BCUT2D eigenvalue weighted by Crippen LogP contribution is 2.45. The Morgan fingerprint density at radius 3 is 2.32 bits per heavy atom. The van der Waals surface area contributed by atoms with Crippen molar-refractivity contribution >= 4 is 17.6 Å². The van der Waals surface area contributed by atoms with Crippen LogP contribution in [0.2, 0.25) is 5.02 Å². The maximum Gasteiger partial charge on any atom is 0.221 e. The molecular formula is C27H27ClFN3O2. The van der Waals surface area contributed by atoms with E-state index in [2.05, 4.69) is 29.3 Å². The predicted molar refractivity (Wildman–Crippen MR) is 132 cm³/mol. The van der Waals surface area contributed by atoms with Crippen molar-refractivity contribution in [2.75, 3.05) is 13.7 Å². The fourth-order valence-electron chi connectivity index (χ4n) is 4.69. The topological polar surface area (TPSA) is 60.1 Å². The van der Waals surface area contributed by atoms with Crippen molar-refractivity contribution in [3.63, 3.8) is 0 Å². The molecule has 0 amide bonds. The van der Waals surface area contributed by atoms with Gasteiger partial charge in [0.05, 0.1) is 17.2 Å². The standard InChI is InChI=1S/C17H15ClFN3O2.C10H12/c1-22-16(20)21-17(24-22)6-7-23-15-5-3-10(8-12(15)17)11-2-4-14(19)13(18)9-11;1-2-6-10-8-4-3-7-9(10)5-1/h2-5,8-9H,6-7H2,1H3,(H2,20,21);1-2,5-6H,3-4,7-8H2. The summed E-state index contributed by atoms with van der Waals surface area (Å²) in [5.74, 6) is 0.569. The number of fused-ring (bicyclic) bond motifs is 3. The minimum atomic E-state index is -0.883. The average Bonchev–Trinajstić information content (AvgIpc) is 3.14. The lowest BCUT2D eigenvalue weighted by atomic mass is 9.92.